The number of halogens is 2. The number of ether oxygens (including phenoxy) is 2. The standard InChI is InChI=1S/C23H25Cl2NO5/c1-2-30-22(29)23(11-14-31-18-6-4-17(24)5-7-18)9-12-26(13-10-23)21(28)16-3-8-20(27)19(25)15-16/h3-8,15,27H,2,9-14H2,1H3. The van der Waals surface area contributed by atoms with E-state index in [1.54, 1.807) is 36.1 Å². The van der Waals surface area contributed by atoms with Crippen LogP contribution in [0.3, 0.4) is 0 Å². The molecule has 1 heterocycles. The number of phenolic OH excluding ortho intramolecular Hbond substituents is 1. The first-order valence-electron chi connectivity index (χ1n) is 10.2. The van der Waals surface area contributed by atoms with Gasteiger partial charge in [0, 0.05) is 23.7 Å². The lowest BCUT2D eigenvalue weighted by atomic mass is 9.75. The third-order valence-electron chi connectivity index (χ3n) is 5.57. The number of hydrogen-bond donors (Lipinski definition) is 1. The molecule has 0 aromatic heterocycles. The summed E-state index contributed by atoms with van der Waals surface area (Å²) in [6, 6.07) is 11.4. The first-order valence-corrected chi connectivity index (χ1v) is 10.9. The summed E-state index contributed by atoms with van der Waals surface area (Å²) in [4.78, 5) is 27.3. The summed E-state index contributed by atoms with van der Waals surface area (Å²) in [5.74, 6) is 0.172. The Morgan fingerprint density at radius 2 is 1.77 bits per heavy atom. The third kappa shape index (κ3) is 5.63. The van der Waals surface area contributed by atoms with Crippen molar-refractivity contribution < 1.29 is 24.2 Å². The summed E-state index contributed by atoms with van der Waals surface area (Å²) in [5.41, 5.74) is -0.302. The highest BCUT2D eigenvalue weighted by Crippen LogP contribution is 2.37. The van der Waals surface area contributed by atoms with Gasteiger partial charge in [0.05, 0.1) is 23.7 Å². The first-order chi connectivity index (χ1) is 14.8. The summed E-state index contributed by atoms with van der Waals surface area (Å²) < 4.78 is 11.2. The Bertz CT molecular complexity index is 924. The Hall–Kier alpha value is -2.44. The van der Waals surface area contributed by atoms with Crippen LogP contribution in [0.25, 0.3) is 0 Å². The molecule has 0 radical (unpaired) electrons. The van der Waals surface area contributed by atoms with E-state index in [2.05, 4.69) is 0 Å². The maximum Gasteiger partial charge on any atom is 0.312 e. The van der Waals surface area contributed by atoms with Gasteiger partial charge in [-0.1, -0.05) is 23.2 Å². The van der Waals surface area contributed by atoms with Gasteiger partial charge in [0.1, 0.15) is 11.5 Å². The predicted octanol–water partition coefficient (Wildman–Crippen LogP) is 4.95. The van der Waals surface area contributed by atoms with Gasteiger partial charge >= 0.3 is 5.97 Å². The number of nitrogens with zero attached hydrogens (tertiary/aromatic N) is 1. The number of hydrogen-bond acceptors (Lipinski definition) is 5. The Labute approximate surface area is 191 Å². The number of benzene rings is 2. The number of carbonyl (C=O) groups excluding carboxylic acids is 2. The molecule has 1 fully saturated rings. The molecule has 0 bridgehead atoms. The maximum atomic E-state index is 12.8. The number of phenols is 1. The molecule has 1 amide bonds. The number of carbonyl (C=O) groups is 2. The van der Waals surface area contributed by atoms with Gasteiger partial charge in [0.25, 0.3) is 5.91 Å². The van der Waals surface area contributed by atoms with E-state index in [1.807, 2.05) is 0 Å². The van der Waals surface area contributed by atoms with Gasteiger partial charge in [-0.05, 0) is 68.7 Å². The quantitative estimate of drug-likeness (QED) is 0.585. The highest BCUT2D eigenvalue weighted by atomic mass is 35.5. The van der Waals surface area contributed by atoms with Gasteiger partial charge in [-0.25, -0.2) is 0 Å². The van der Waals surface area contributed by atoms with Crippen molar-refractivity contribution in [3.05, 3.63) is 58.1 Å². The average molecular weight is 466 g/mol. The van der Waals surface area contributed by atoms with Crippen molar-refractivity contribution in [2.45, 2.75) is 26.2 Å². The van der Waals surface area contributed by atoms with Gasteiger partial charge in [0.2, 0.25) is 0 Å². The van der Waals surface area contributed by atoms with Crippen LogP contribution in [0.2, 0.25) is 10.0 Å². The molecule has 0 atom stereocenters. The molecule has 0 aliphatic carbocycles. The molecule has 0 saturated carbocycles. The molecule has 2 aromatic carbocycles. The lowest BCUT2D eigenvalue weighted by molar-refractivity contribution is -0.159. The van der Waals surface area contributed by atoms with Crippen molar-refractivity contribution in [3.63, 3.8) is 0 Å². The largest absolute Gasteiger partial charge is 0.506 e. The zero-order chi connectivity index (χ0) is 22.4. The number of amides is 1. The fraction of sp³-hybridized carbons (Fsp3) is 0.391. The highest BCUT2D eigenvalue weighted by molar-refractivity contribution is 6.32. The van der Waals surface area contributed by atoms with E-state index in [0.29, 0.717) is 61.9 Å². The van der Waals surface area contributed by atoms with Crippen molar-refractivity contribution >= 4 is 35.1 Å². The second kappa shape index (κ2) is 10.2. The van der Waals surface area contributed by atoms with Gasteiger partial charge in [0.15, 0.2) is 0 Å². The lowest BCUT2D eigenvalue weighted by Gasteiger charge is -2.40. The zero-order valence-electron chi connectivity index (χ0n) is 17.3. The van der Waals surface area contributed by atoms with Gasteiger partial charge in [-0.15, -0.1) is 0 Å². The zero-order valence-corrected chi connectivity index (χ0v) is 18.8. The monoisotopic (exact) mass is 465 g/mol. The Kier molecular flexibility index (Phi) is 7.68. The van der Waals surface area contributed by atoms with Crippen LogP contribution >= 0.6 is 23.2 Å². The fourth-order valence-electron chi connectivity index (χ4n) is 3.70. The number of esters is 1. The Morgan fingerprint density at radius 3 is 2.39 bits per heavy atom. The maximum absolute atomic E-state index is 12.8. The number of aromatic hydroxyl groups is 1. The van der Waals surface area contributed by atoms with Crippen molar-refractivity contribution in [2.75, 3.05) is 26.3 Å². The summed E-state index contributed by atoms with van der Waals surface area (Å²) >= 11 is 11.8. The molecule has 2 aromatic rings. The second-order valence-electron chi connectivity index (χ2n) is 7.51. The highest BCUT2D eigenvalue weighted by Gasteiger charge is 2.43. The van der Waals surface area contributed by atoms with Gasteiger partial charge in [-0.2, -0.15) is 0 Å². The summed E-state index contributed by atoms with van der Waals surface area (Å²) in [6.45, 7) is 3.26. The van der Waals surface area contributed by atoms with Crippen LogP contribution in [-0.2, 0) is 9.53 Å². The molecule has 8 heteroatoms. The van der Waals surface area contributed by atoms with E-state index in [1.165, 1.54) is 18.2 Å². The Balaban J connectivity index is 1.64. The van der Waals surface area contributed by atoms with Gasteiger partial charge in [-0.3, -0.25) is 9.59 Å². The molecule has 1 N–H and O–H groups in total. The second-order valence-corrected chi connectivity index (χ2v) is 8.36. The molecular formula is C23H25Cl2NO5. The molecule has 1 aliphatic heterocycles. The minimum Gasteiger partial charge on any atom is -0.506 e. The number of likely N-dealkylation sites (tertiary alicyclic amines) is 1. The van der Waals surface area contributed by atoms with E-state index in [9.17, 15) is 14.7 Å². The summed E-state index contributed by atoms with van der Waals surface area (Å²) in [6.07, 6.45) is 1.45. The van der Waals surface area contributed by atoms with E-state index >= 15 is 0 Å². The SMILES string of the molecule is CCOC(=O)C1(CCOc2ccc(Cl)cc2)CCN(C(=O)c2ccc(O)c(Cl)c2)CC1. The van der Waals surface area contributed by atoms with Crippen molar-refractivity contribution in [1.29, 1.82) is 0 Å². The molecular weight excluding hydrogens is 441 g/mol. The molecule has 0 spiro atoms. The fourth-order valence-corrected chi connectivity index (χ4v) is 4.00. The minimum absolute atomic E-state index is 0.0705. The van der Waals surface area contributed by atoms with E-state index in [-0.39, 0.29) is 22.6 Å². The van der Waals surface area contributed by atoms with Crippen LogP contribution in [0, 0.1) is 5.41 Å². The molecule has 1 aliphatic rings. The molecule has 1 saturated heterocycles. The smallest absolute Gasteiger partial charge is 0.312 e. The molecule has 3 rings (SSSR count). The minimum atomic E-state index is -0.703. The predicted molar refractivity (Wildman–Crippen MR) is 119 cm³/mol. The number of rotatable bonds is 7. The summed E-state index contributed by atoms with van der Waals surface area (Å²) in [7, 11) is 0. The van der Waals surface area contributed by atoms with Crippen molar-refractivity contribution in [3.8, 4) is 11.5 Å². The van der Waals surface area contributed by atoms with Crippen LogP contribution in [0.5, 0.6) is 11.5 Å². The van der Waals surface area contributed by atoms with Crippen LogP contribution in [0.4, 0.5) is 0 Å². The number of piperidine rings is 1. The van der Waals surface area contributed by atoms with Crippen molar-refractivity contribution in [2.24, 2.45) is 5.41 Å². The van der Waals surface area contributed by atoms with Crippen molar-refractivity contribution in [1.82, 2.24) is 4.90 Å². The Morgan fingerprint density at radius 1 is 1.10 bits per heavy atom. The lowest BCUT2D eigenvalue weighted by Crippen LogP contribution is -2.47. The van der Waals surface area contributed by atoms with E-state index < -0.39 is 5.41 Å². The van der Waals surface area contributed by atoms with Gasteiger partial charge < -0.3 is 19.5 Å². The molecule has 6 nitrogen and oxygen atoms in total. The third-order valence-corrected chi connectivity index (χ3v) is 6.13. The topological polar surface area (TPSA) is 76.1 Å². The molecule has 166 valence electrons. The average Bonchev–Trinajstić information content (AvgIpc) is 2.77. The molecule has 0 unspecified atom stereocenters. The van der Waals surface area contributed by atoms with E-state index in [4.69, 9.17) is 32.7 Å². The van der Waals surface area contributed by atoms with Crippen LogP contribution in [0.15, 0.2) is 42.5 Å². The summed E-state index contributed by atoms with van der Waals surface area (Å²) in [5, 5.41) is 10.3. The van der Waals surface area contributed by atoms with E-state index in [0.717, 1.165) is 0 Å². The van der Waals surface area contributed by atoms with Crippen LogP contribution in [0.1, 0.15) is 36.5 Å². The molecule has 31 heavy (non-hydrogen) atoms. The first kappa shape index (κ1) is 23.2. The normalized spacial score (nSPS) is 15.4. The van der Waals surface area contributed by atoms with Crippen LogP contribution < -0.4 is 4.74 Å². The van der Waals surface area contributed by atoms with Crippen LogP contribution in [-0.4, -0.2) is 48.2 Å².